The number of rotatable bonds is 2. The molecule has 0 aliphatic carbocycles. The fourth-order valence-electron chi connectivity index (χ4n) is 1.01. The monoisotopic (exact) mass is 268 g/mol. The summed E-state index contributed by atoms with van der Waals surface area (Å²) in [6, 6.07) is 5.80. The van der Waals surface area contributed by atoms with Crippen molar-refractivity contribution >= 4 is 15.9 Å². The molecule has 0 aliphatic rings. The summed E-state index contributed by atoms with van der Waals surface area (Å²) < 4.78 is 18.7. The second kappa shape index (κ2) is 4.35. The van der Waals surface area contributed by atoms with Gasteiger partial charge in [0.05, 0.1) is 4.47 Å². The third-order valence-electron chi connectivity index (χ3n) is 1.66. The largest absolute Gasteiger partial charge is 0.438 e. The predicted molar refractivity (Wildman–Crippen MR) is 56.2 cm³/mol. The molecule has 1 aromatic heterocycles. The van der Waals surface area contributed by atoms with Crippen LogP contribution in [0.3, 0.4) is 0 Å². The Morgan fingerprint density at radius 1 is 1.27 bits per heavy atom. The van der Waals surface area contributed by atoms with Crippen LogP contribution in [0.5, 0.6) is 11.6 Å². The molecule has 0 spiro atoms. The molecule has 3 nitrogen and oxygen atoms in total. The SMILES string of the molecule is Fc1ccc(Oc2ccncn2)c(Br)c1. The highest BCUT2D eigenvalue weighted by atomic mass is 79.9. The molecule has 0 saturated heterocycles. The van der Waals surface area contributed by atoms with Crippen molar-refractivity contribution in [3.63, 3.8) is 0 Å². The first kappa shape index (κ1) is 10.0. The summed E-state index contributed by atoms with van der Waals surface area (Å²) in [5.74, 6) is 0.601. The number of hydrogen-bond donors (Lipinski definition) is 0. The average molecular weight is 269 g/mol. The number of ether oxygens (including phenoxy) is 1. The molecule has 0 radical (unpaired) electrons. The molecule has 5 heteroatoms. The maximum atomic E-state index is 12.8. The number of halogens is 2. The predicted octanol–water partition coefficient (Wildman–Crippen LogP) is 3.17. The van der Waals surface area contributed by atoms with Crippen LogP contribution in [0.15, 0.2) is 41.3 Å². The Hall–Kier alpha value is -1.49. The third kappa shape index (κ3) is 2.50. The Labute approximate surface area is 94.1 Å². The van der Waals surface area contributed by atoms with E-state index in [1.165, 1.54) is 24.5 Å². The molecule has 0 bridgehead atoms. The van der Waals surface area contributed by atoms with Crippen molar-refractivity contribution in [1.82, 2.24) is 9.97 Å². The second-order valence-electron chi connectivity index (χ2n) is 2.72. The van der Waals surface area contributed by atoms with E-state index in [0.717, 1.165) is 0 Å². The first-order valence-electron chi connectivity index (χ1n) is 4.14. The van der Waals surface area contributed by atoms with Crippen LogP contribution in [0.25, 0.3) is 0 Å². The molecule has 2 aromatic rings. The van der Waals surface area contributed by atoms with Crippen LogP contribution in [0, 0.1) is 5.82 Å². The normalized spacial score (nSPS) is 10.0. The Morgan fingerprint density at radius 2 is 2.13 bits per heavy atom. The van der Waals surface area contributed by atoms with Gasteiger partial charge in [0.2, 0.25) is 5.88 Å². The highest BCUT2D eigenvalue weighted by Crippen LogP contribution is 2.28. The summed E-state index contributed by atoms with van der Waals surface area (Å²) in [6.45, 7) is 0. The van der Waals surface area contributed by atoms with Gasteiger partial charge in [0.25, 0.3) is 0 Å². The standard InChI is InChI=1S/C10H6BrFN2O/c11-8-5-7(12)1-2-9(8)15-10-3-4-13-6-14-10/h1-6H. The number of benzene rings is 1. The lowest BCUT2D eigenvalue weighted by Crippen LogP contribution is -1.89. The van der Waals surface area contributed by atoms with Crippen molar-refractivity contribution in [2.45, 2.75) is 0 Å². The van der Waals surface area contributed by atoms with Gasteiger partial charge in [-0.05, 0) is 34.1 Å². The van der Waals surface area contributed by atoms with E-state index in [9.17, 15) is 4.39 Å². The molecule has 76 valence electrons. The fourth-order valence-corrected chi connectivity index (χ4v) is 1.44. The zero-order chi connectivity index (χ0) is 10.7. The van der Waals surface area contributed by atoms with E-state index in [2.05, 4.69) is 25.9 Å². The maximum Gasteiger partial charge on any atom is 0.222 e. The zero-order valence-corrected chi connectivity index (χ0v) is 9.11. The molecule has 0 N–H and O–H groups in total. The smallest absolute Gasteiger partial charge is 0.222 e. The summed E-state index contributed by atoms with van der Waals surface area (Å²) in [4.78, 5) is 7.65. The maximum absolute atomic E-state index is 12.8. The van der Waals surface area contributed by atoms with Gasteiger partial charge in [0.15, 0.2) is 0 Å². The first-order chi connectivity index (χ1) is 7.25. The van der Waals surface area contributed by atoms with E-state index in [1.54, 1.807) is 12.3 Å². The minimum Gasteiger partial charge on any atom is -0.438 e. The topological polar surface area (TPSA) is 35.0 Å². The van der Waals surface area contributed by atoms with Crippen molar-refractivity contribution in [1.29, 1.82) is 0 Å². The zero-order valence-electron chi connectivity index (χ0n) is 7.52. The number of aromatic nitrogens is 2. The van der Waals surface area contributed by atoms with Gasteiger partial charge in [0.1, 0.15) is 17.9 Å². The minimum absolute atomic E-state index is 0.322. The summed E-state index contributed by atoms with van der Waals surface area (Å²) in [5, 5.41) is 0. The molecule has 0 atom stereocenters. The molecule has 0 saturated carbocycles. The van der Waals surface area contributed by atoms with E-state index in [4.69, 9.17) is 4.74 Å². The lowest BCUT2D eigenvalue weighted by Gasteiger charge is -2.05. The van der Waals surface area contributed by atoms with Gasteiger partial charge in [-0.15, -0.1) is 0 Å². The van der Waals surface area contributed by atoms with Gasteiger partial charge in [-0.3, -0.25) is 0 Å². The van der Waals surface area contributed by atoms with E-state index in [-0.39, 0.29) is 5.82 Å². The van der Waals surface area contributed by atoms with Gasteiger partial charge in [-0.2, -0.15) is 0 Å². The van der Waals surface area contributed by atoms with Crippen LogP contribution in [-0.4, -0.2) is 9.97 Å². The minimum atomic E-state index is -0.322. The lowest BCUT2D eigenvalue weighted by molar-refractivity contribution is 0.457. The van der Waals surface area contributed by atoms with E-state index >= 15 is 0 Å². The summed E-state index contributed by atoms with van der Waals surface area (Å²) in [7, 11) is 0. The van der Waals surface area contributed by atoms with Gasteiger partial charge in [0, 0.05) is 12.3 Å². The summed E-state index contributed by atoms with van der Waals surface area (Å²) in [5.41, 5.74) is 0. The van der Waals surface area contributed by atoms with Crippen molar-refractivity contribution in [2.75, 3.05) is 0 Å². The van der Waals surface area contributed by atoms with E-state index in [0.29, 0.717) is 16.1 Å². The second-order valence-corrected chi connectivity index (χ2v) is 3.58. The van der Waals surface area contributed by atoms with Crippen molar-refractivity contribution in [2.24, 2.45) is 0 Å². The average Bonchev–Trinajstić information content (AvgIpc) is 2.24. The lowest BCUT2D eigenvalue weighted by atomic mass is 10.3. The van der Waals surface area contributed by atoms with Crippen LogP contribution >= 0.6 is 15.9 Å². The molecular weight excluding hydrogens is 263 g/mol. The van der Waals surface area contributed by atoms with Crippen LogP contribution in [0.4, 0.5) is 4.39 Å². The van der Waals surface area contributed by atoms with Gasteiger partial charge in [-0.1, -0.05) is 0 Å². The summed E-state index contributed by atoms with van der Waals surface area (Å²) >= 11 is 3.20. The van der Waals surface area contributed by atoms with Gasteiger partial charge in [-0.25, -0.2) is 14.4 Å². The molecule has 0 aliphatic heterocycles. The molecule has 0 fully saturated rings. The highest BCUT2D eigenvalue weighted by Gasteiger charge is 2.04. The van der Waals surface area contributed by atoms with Crippen molar-refractivity contribution in [3.8, 4) is 11.6 Å². The summed E-state index contributed by atoms with van der Waals surface area (Å²) in [6.07, 6.45) is 2.95. The van der Waals surface area contributed by atoms with Gasteiger partial charge >= 0.3 is 0 Å². The molecule has 0 amide bonds. The quantitative estimate of drug-likeness (QED) is 0.839. The van der Waals surface area contributed by atoms with Crippen LogP contribution in [-0.2, 0) is 0 Å². The molecular formula is C10H6BrFN2O. The Morgan fingerprint density at radius 3 is 2.80 bits per heavy atom. The number of nitrogens with zero attached hydrogens (tertiary/aromatic N) is 2. The molecule has 0 unspecified atom stereocenters. The molecule has 1 heterocycles. The highest BCUT2D eigenvalue weighted by molar-refractivity contribution is 9.10. The first-order valence-corrected chi connectivity index (χ1v) is 4.94. The Kier molecular flexibility index (Phi) is 2.91. The van der Waals surface area contributed by atoms with Crippen LogP contribution < -0.4 is 4.74 Å². The fraction of sp³-hybridized carbons (Fsp3) is 0. The van der Waals surface area contributed by atoms with Crippen molar-refractivity contribution in [3.05, 3.63) is 47.1 Å². The Balaban J connectivity index is 2.25. The van der Waals surface area contributed by atoms with Crippen LogP contribution in [0.1, 0.15) is 0 Å². The molecule has 2 rings (SSSR count). The molecule has 1 aromatic carbocycles. The molecule has 15 heavy (non-hydrogen) atoms. The van der Waals surface area contributed by atoms with Crippen molar-refractivity contribution < 1.29 is 9.13 Å². The van der Waals surface area contributed by atoms with Crippen LogP contribution in [0.2, 0.25) is 0 Å². The van der Waals surface area contributed by atoms with E-state index in [1.807, 2.05) is 0 Å². The number of hydrogen-bond acceptors (Lipinski definition) is 3. The van der Waals surface area contributed by atoms with E-state index < -0.39 is 0 Å². The Bertz CT molecular complexity index is 464. The third-order valence-corrected chi connectivity index (χ3v) is 2.28. The van der Waals surface area contributed by atoms with Gasteiger partial charge < -0.3 is 4.74 Å².